The summed E-state index contributed by atoms with van der Waals surface area (Å²) in [6.45, 7) is 5.38. The average Bonchev–Trinajstić information content (AvgIpc) is 2.53. The zero-order chi connectivity index (χ0) is 14.4. The minimum atomic E-state index is 0.00118. The van der Waals surface area contributed by atoms with Crippen molar-refractivity contribution < 1.29 is 9.53 Å². The van der Waals surface area contributed by atoms with E-state index < -0.39 is 0 Å². The van der Waals surface area contributed by atoms with Crippen LogP contribution in [0.25, 0.3) is 0 Å². The molecule has 1 aromatic carbocycles. The molecule has 0 radical (unpaired) electrons. The smallest absolute Gasteiger partial charge is 0.251 e. The quantitative estimate of drug-likeness (QED) is 0.897. The summed E-state index contributed by atoms with van der Waals surface area (Å²) in [5, 5.41) is 3.00. The molecule has 0 saturated carbocycles. The van der Waals surface area contributed by atoms with E-state index in [1.165, 1.54) is 0 Å². The van der Waals surface area contributed by atoms with Crippen LogP contribution in [0.1, 0.15) is 30.1 Å². The summed E-state index contributed by atoms with van der Waals surface area (Å²) in [5.74, 6) is 0.458. The van der Waals surface area contributed by atoms with Crippen LogP contribution in [-0.4, -0.2) is 39.3 Å². The van der Waals surface area contributed by atoms with Crippen molar-refractivity contribution in [2.75, 3.05) is 38.3 Å². The largest absolute Gasteiger partial charge is 0.381 e. The van der Waals surface area contributed by atoms with E-state index in [-0.39, 0.29) is 5.91 Å². The second-order valence-electron chi connectivity index (χ2n) is 5.35. The van der Waals surface area contributed by atoms with Gasteiger partial charge < -0.3 is 15.0 Å². The third-order valence-electron chi connectivity index (χ3n) is 3.85. The van der Waals surface area contributed by atoms with Gasteiger partial charge in [-0.15, -0.1) is 0 Å². The van der Waals surface area contributed by atoms with Crippen LogP contribution in [0.3, 0.4) is 0 Å². The Morgan fingerprint density at radius 3 is 2.75 bits per heavy atom. The van der Waals surface area contributed by atoms with Crippen molar-refractivity contribution in [2.45, 2.75) is 19.8 Å². The van der Waals surface area contributed by atoms with E-state index in [9.17, 15) is 4.79 Å². The molecule has 4 nitrogen and oxygen atoms in total. The number of ether oxygens (including phenoxy) is 1. The minimum Gasteiger partial charge on any atom is -0.381 e. The predicted molar refractivity (Wildman–Crippen MR) is 81.3 cm³/mol. The van der Waals surface area contributed by atoms with Crippen LogP contribution in [0.5, 0.6) is 0 Å². The normalized spacial score (nSPS) is 18.6. The zero-order valence-corrected chi connectivity index (χ0v) is 12.4. The van der Waals surface area contributed by atoms with Crippen molar-refractivity contribution >= 4 is 11.6 Å². The molecule has 1 heterocycles. The summed E-state index contributed by atoms with van der Waals surface area (Å²) in [7, 11) is 2.04. The average molecular weight is 276 g/mol. The molecule has 2 rings (SSSR count). The lowest BCUT2D eigenvalue weighted by atomic mass is 10.0. The molecule has 0 bridgehead atoms. The third-order valence-corrected chi connectivity index (χ3v) is 3.85. The van der Waals surface area contributed by atoms with Crippen LogP contribution in [-0.2, 0) is 4.74 Å². The Bertz CT molecular complexity index is 425. The first-order valence-electron chi connectivity index (χ1n) is 7.38. The number of anilines is 1. The molecule has 1 fully saturated rings. The number of hydrogen-bond acceptors (Lipinski definition) is 3. The Balaban J connectivity index is 1.85. The molecule has 1 aliphatic rings. The number of benzene rings is 1. The monoisotopic (exact) mass is 276 g/mol. The highest BCUT2D eigenvalue weighted by atomic mass is 16.5. The minimum absolute atomic E-state index is 0.00118. The Morgan fingerprint density at radius 1 is 1.40 bits per heavy atom. The van der Waals surface area contributed by atoms with Crippen molar-refractivity contribution in [2.24, 2.45) is 5.92 Å². The van der Waals surface area contributed by atoms with E-state index in [1.807, 2.05) is 31.3 Å². The van der Waals surface area contributed by atoms with E-state index in [0.29, 0.717) is 12.5 Å². The van der Waals surface area contributed by atoms with Crippen molar-refractivity contribution in [3.05, 3.63) is 29.8 Å². The molecule has 20 heavy (non-hydrogen) atoms. The summed E-state index contributed by atoms with van der Waals surface area (Å²) >= 11 is 0. The highest BCUT2D eigenvalue weighted by Gasteiger charge is 2.15. The van der Waals surface area contributed by atoms with E-state index in [4.69, 9.17) is 4.74 Å². The number of carbonyl (C=O) groups is 1. The van der Waals surface area contributed by atoms with Crippen molar-refractivity contribution in [3.8, 4) is 0 Å². The van der Waals surface area contributed by atoms with Gasteiger partial charge in [0.1, 0.15) is 0 Å². The van der Waals surface area contributed by atoms with Gasteiger partial charge in [-0.3, -0.25) is 4.79 Å². The Morgan fingerprint density at radius 2 is 2.15 bits per heavy atom. The molecular weight excluding hydrogens is 252 g/mol. The van der Waals surface area contributed by atoms with E-state index >= 15 is 0 Å². The van der Waals surface area contributed by atoms with E-state index in [2.05, 4.69) is 17.1 Å². The Hall–Kier alpha value is -1.55. The van der Waals surface area contributed by atoms with Gasteiger partial charge >= 0.3 is 0 Å². The lowest BCUT2D eigenvalue weighted by Gasteiger charge is -2.22. The molecule has 1 saturated heterocycles. The van der Waals surface area contributed by atoms with Gasteiger partial charge in [0, 0.05) is 38.0 Å². The van der Waals surface area contributed by atoms with Crippen LogP contribution in [0.15, 0.2) is 24.3 Å². The molecule has 110 valence electrons. The molecule has 1 aromatic rings. The maximum absolute atomic E-state index is 12.1. The standard InChI is InChI=1S/C16H24N2O2/c1-3-18(2)15-8-6-14(7-9-15)16(19)17-11-13-5-4-10-20-12-13/h6-9,13H,3-5,10-12H2,1-2H3,(H,17,19)/t13-/m1/s1. The van der Waals surface area contributed by atoms with Crippen LogP contribution in [0.4, 0.5) is 5.69 Å². The van der Waals surface area contributed by atoms with Crippen LogP contribution in [0.2, 0.25) is 0 Å². The SMILES string of the molecule is CCN(C)c1ccc(C(=O)NC[C@H]2CCCOC2)cc1. The summed E-state index contributed by atoms with van der Waals surface area (Å²) in [4.78, 5) is 14.2. The van der Waals surface area contributed by atoms with Gasteiger partial charge in [0.15, 0.2) is 0 Å². The van der Waals surface area contributed by atoms with Crippen molar-refractivity contribution in [3.63, 3.8) is 0 Å². The number of amides is 1. The van der Waals surface area contributed by atoms with Gasteiger partial charge in [0.05, 0.1) is 6.61 Å². The molecule has 1 atom stereocenters. The van der Waals surface area contributed by atoms with Crippen LogP contribution < -0.4 is 10.2 Å². The molecular formula is C16H24N2O2. The second-order valence-corrected chi connectivity index (χ2v) is 5.35. The summed E-state index contributed by atoms with van der Waals surface area (Å²) < 4.78 is 5.42. The highest BCUT2D eigenvalue weighted by molar-refractivity contribution is 5.94. The number of carbonyl (C=O) groups excluding carboxylic acids is 1. The van der Waals surface area contributed by atoms with E-state index in [1.54, 1.807) is 0 Å². The summed E-state index contributed by atoms with van der Waals surface area (Å²) in [5.41, 5.74) is 1.85. The van der Waals surface area contributed by atoms with Crippen LogP contribution >= 0.6 is 0 Å². The highest BCUT2D eigenvalue weighted by Crippen LogP contribution is 2.15. The fourth-order valence-corrected chi connectivity index (χ4v) is 2.36. The first kappa shape index (κ1) is 14.9. The van der Waals surface area contributed by atoms with E-state index in [0.717, 1.165) is 43.9 Å². The zero-order valence-electron chi connectivity index (χ0n) is 12.4. The lowest BCUT2D eigenvalue weighted by Crippen LogP contribution is -2.33. The summed E-state index contributed by atoms with van der Waals surface area (Å²) in [6.07, 6.45) is 2.24. The first-order chi connectivity index (χ1) is 9.70. The molecule has 1 amide bonds. The summed E-state index contributed by atoms with van der Waals surface area (Å²) in [6, 6.07) is 7.74. The molecule has 0 unspecified atom stereocenters. The number of nitrogens with zero attached hydrogens (tertiary/aromatic N) is 1. The fourth-order valence-electron chi connectivity index (χ4n) is 2.36. The molecule has 0 aliphatic carbocycles. The maximum Gasteiger partial charge on any atom is 0.251 e. The third kappa shape index (κ3) is 3.97. The maximum atomic E-state index is 12.1. The van der Waals surface area contributed by atoms with Crippen LogP contribution in [0, 0.1) is 5.92 Å². The van der Waals surface area contributed by atoms with Gasteiger partial charge in [-0.25, -0.2) is 0 Å². The Labute approximate surface area is 121 Å². The first-order valence-corrected chi connectivity index (χ1v) is 7.38. The molecule has 4 heteroatoms. The lowest BCUT2D eigenvalue weighted by molar-refractivity contribution is 0.0536. The van der Waals surface area contributed by atoms with Gasteiger partial charge in [0.2, 0.25) is 0 Å². The topological polar surface area (TPSA) is 41.6 Å². The molecule has 1 N–H and O–H groups in total. The number of nitrogens with one attached hydrogen (secondary N) is 1. The number of hydrogen-bond donors (Lipinski definition) is 1. The van der Waals surface area contributed by atoms with Gasteiger partial charge in [-0.1, -0.05) is 0 Å². The fraction of sp³-hybridized carbons (Fsp3) is 0.562. The van der Waals surface area contributed by atoms with Gasteiger partial charge in [-0.2, -0.15) is 0 Å². The molecule has 0 aromatic heterocycles. The van der Waals surface area contributed by atoms with Gasteiger partial charge in [-0.05, 0) is 49.9 Å². The number of rotatable bonds is 5. The van der Waals surface area contributed by atoms with Crippen molar-refractivity contribution in [1.82, 2.24) is 5.32 Å². The molecule has 0 spiro atoms. The van der Waals surface area contributed by atoms with Crippen molar-refractivity contribution in [1.29, 1.82) is 0 Å². The second kappa shape index (κ2) is 7.29. The van der Waals surface area contributed by atoms with Gasteiger partial charge in [0.25, 0.3) is 5.91 Å². The predicted octanol–water partition coefficient (Wildman–Crippen LogP) is 2.30. The Kier molecular flexibility index (Phi) is 5.41. The molecule has 1 aliphatic heterocycles.